The number of hydrogen-bond acceptors (Lipinski definition) is 3. The highest BCUT2D eigenvalue weighted by Gasteiger charge is 2.39. The molecule has 2 rings (SSSR count). The van der Waals surface area contributed by atoms with Crippen molar-refractivity contribution in [2.45, 2.75) is 40.0 Å². The van der Waals surface area contributed by atoms with Gasteiger partial charge in [0.15, 0.2) is 11.6 Å². The summed E-state index contributed by atoms with van der Waals surface area (Å²) < 4.78 is 0.947. The van der Waals surface area contributed by atoms with Crippen LogP contribution in [0.1, 0.15) is 41.5 Å². The first kappa shape index (κ1) is 22.0. The van der Waals surface area contributed by atoms with Crippen molar-refractivity contribution < 1.29 is 9.59 Å². The van der Waals surface area contributed by atoms with E-state index in [9.17, 15) is 9.59 Å². The summed E-state index contributed by atoms with van der Waals surface area (Å²) in [5.74, 6) is -0.558. The summed E-state index contributed by atoms with van der Waals surface area (Å²) in [5, 5.41) is 0. The van der Waals surface area contributed by atoms with Crippen molar-refractivity contribution >= 4 is 33.7 Å². The fourth-order valence-corrected chi connectivity index (χ4v) is 3.22. The third-order valence-electron chi connectivity index (χ3n) is 4.22. The monoisotopic (exact) mass is 415 g/mol. The number of halogens is 1. The van der Waals surface area contributed by atoms with E-state index in [4.69, 9.17) is 0 Å². The molecule has 0 aliphatic heterocycles. The lowest BCUT2D eigenvalue weighted by molar-refractivity contribution is -0.123. The second-order valence-corrected chi connectivity index (χ2v) is 7.15. The minimum absolute atomic E-state index is 0.0162. The molecule has 1 aliphatic carbocycles. The van der Waals surface area contributed by atoms with Crippen LogP contribution in [0.3, 0.4) is 0 Å². The zero-order valence-electron chi connectivity index (χ0n) is 16.1. The molecular formula is C22H26BrNO2. The molecule has 0 heterocycles. The molecule has 0 radical (unpaired) electrons. The number of aliphatic imine (C=N–C) groups is 1. The fourth-order valence-electron chi connectivity index (χ4n) is 3.11. The molecule has 3 nitrogen and oxygen atoms in total. The maximum Gasteiger partial charge on any atom is 0.173 e. The van der Waals surface area contributed by atoms with Gasteiger partial charge in [0.2, 0.25) is 0 Å². The molecule has 1 aromatic rings. The predicted molar refractivity (Wildman–Crippen MR) is 113 cm³/mol. The zero-order valence-corrected chi connectivity index (χ0v) is 17.7. The Labute approximate surface area is 164 Å². The summed E-state index contributed by atoms with van der Waals surface area (Å²) in [5.41, 5.74) is 4.81. The molecule has 1 atom stereocenters. The average Bonchev–Trinajstić information content (AvgIpc) is 2.87. The largest absolute Gasteiger partial charge is 0.298 e. The van der Waals surface area contributed by atoms with Crippen molar-refractivity contribution in [1.29, 1.82) is 0 Å². The summed E-state index contributed by atoms with van der Waals surface area (Å²) >= 11 is 3.23. The van der Waals surface area contributed by atoms with Crippen molar-refractivity contribution in [3.05, 3.63) is 69.2 Å². The first-order chi connectivity index (χ1) is 12.3. The number of hydrogen-bond donors (Lipinski definition) is 0. The van der Waals surface area contributed by atoms with Crippen LogP contribution in [0, 0.1) is 20.8 Å². The molecule has 26 heavy (non-hydrogen) atoms. The predicted octanol–water partition coefficient (Wildman–Crippen LogP) is 5.34. The topological polar surface area (TPSA) is 46.5 Å². The number of rotatable bonds is 3. The van der Waals surface area contributed by atoms with Crippen LogP contribution < -0.4 is 0 Å². The van der Waals surface area contributed by atoms with Gasteiger partial charge in [-0.3, -0.25) is 14.6 Å². The number of allylic oxidation sites excluding steroid dienone is 5. The third-order valence-corrected chi connectivity index (χ3v) is 4.81. The minimum Gasteiger partial charge on any atom is -0.298 e. The SMILES string of the molecule is C/C=C1\CC(=O)C(c2c(C)cc(C)cc2C)C1=O.C=C/C(Br)=C\C=NC. The Morgan fingerprint density at radius 1 is 1.23 bits per heavy atom. The summed E-state index contributed by atoms with van der Waals surface area (Å²) in [6.45, 7) is 11.3. The van der Waals surface area contributed by atoms with Gasteiger partial charge < -0.3 is 0 Å². The number of benzene rings is 1. The second-order valence-electron chi connectivity index (χ2n) is 6.23. The Balaban J connectivity index is 0.000000359. The number of ketones is 2. The maximum atomic E-state index is 12.2. The Morgan fingerprint density at radius 3 is 2.23 bits per heavy atom. The molecule has 0 amide bonds. The van der Waals surface area contributed by atoms with Crippen LogP contribution in [-0.4, -0.2) is 24.8 Å². The number of carbonyl (C=O) groups is 2. The molecule has 1 fully saturated rings. The lowest BCUT2D eigenvalue weighted by Gasteiger charge is -2.15. The van der Waals surface area contributed by atoms with Crippen molar-refractivity contribution in [1.82, 2.24) is 0 Å². The molecule has 1 aliphatic rings. The van der Waals surface area contributed by atoms with Crippen molar-refractivity contribution in [3.63, 3.8) is 0 Å². The van der Waals surface area contributed by atoms with Crippen LogP contribution in [0.25, 0.3) is 0 Å². The van der Waals surface area contributed by atoms with Crippen LogP contribution in [0.5, 0.6) is 0 Å². The van der Waals surface area contributed by atoms with Gasteiger partial charge in [0, 0.05) is 24.2 Å². The van der Waals surface area contributed by atoms with E-state index in [1.165, 1.54) is 0 Å². The quantitative estimate of drug-likeness (QED) is 0.289. The number of aryl methyl sites for hydroxylation is 3. The van der Waals surface area contributed by atoms with Gasteiger partial charge in [-0.1, -0.05) is 52.4 Å². The molecule has 138 valence electrons. The maximum absolute atomic E-state index is 12.2. The lowest BCUT2D eigenvalue weighted by atomic mass is 9.87. The van der Waals surface area contributed by atoms with Crippen LogP contribution in [0.15, 0.2) is 52.0 Å². The number of carbonyl (C=O) groups excluding carboxylic acids is 2. The van der Waals surface area contributed by atoms with E-state index >= 15 is 0 Å². The third kappa shape index (κ3) is 5.46. The Bertz CT molecular complexity index is 777. The number of Topliss-reactive ketones (excluding diaryl/α,β-unsaturated/α-hetero) is 2. The Morgan fingerprint density at radius 2 is 1.81 bits per heavy atom. The molecule has 0 spiro atoms. The summed E-state index contributed by atoms with van der Waals surface area (Å²) in [6.07, 6.45) is 7.28. The molecule has 1 aromatic carbocycles. The van der Waals surface area contributed by atoms with Crippen LogP contribution in [0.2, 0.25) is 0 Å². The van der Waals surface area contributed by atoms with Crippen LogP contribution in [-0.2, 0) is 9.59 Å². The molecule has 0 bridgehead atoms. The van der Waals surface area contributed by atoms with Gasteiger partial charge in [-0.25, -0.2) is 0 Å². The van der Waals surface area contributed by atoms with Crippen molar-refractivity contribution in [3.8, 4) is 0 Å². The molecule has 1 unspecified atom stereocenters. The summed E-state index contributed by atoms with van der Waals surface area (Å²) in [6, 6.07) is 4.08. The van der Waals surface area contributed by atoms with Gasteiger partial charge in [0.1, 0.15) is 5.92 Å². The highest BCUT2D eigenvalue weighted by Crippen LogP contribution is 2.35. The zero-order chi connectivity index (χ0) is 19.9. The first-order valence-corrected chi connectivity index (χ1v) is 9.26. The molecule has 4 heteroatoms. The fraction of sp³-hybridized carbons (Fsp3) is 0.318. The van der Waals surface area contributed by atoms with Crippen LogP contribution >= 0.6 is 15.9 Å². The standard InChI is InChI=1S/C16H18O2.C6H8BrN/c1-5-12-8-13(17)15(16(12)18)14-10(3)6-9(2)7-11(14)4;1-3-6(7)4-5-8-2/h5-7,15H,8H2,1-4H3;3-5H,1H2,2H3/b12-5+;6-4+,8-5?. The van der Waals surface area contributed by atoms with E-state index in [0.717, 1.165) is 26.7 Å². The van der Waals surface area contributed by atoms with Gasteiger partial charge in [-0.2, -0.15) is 0 Å². The Kier molecular flexibility index (Phi) is 8.59. The molecule has 0 N–H and O–H groups in total. The molecule has 0 aromatic heterocycles. The van der Waals surface area contributed by atoms with E-state index in [0.29, 0.717) is 5.57 Å². The number of nitrogens with zero attached hydrogens (tertiary/aromatic N) is 1. The molecular weight excluding hydrogens is 390 g/mol. The Hall–Kier alpha value is -2.07. The normalized spacial score (nSPS) is 19.1. The molecule has 1 saturated carbocycles. The van der Waals surface area contributed by atoms with Gasteiger partial charge >= 0.3 is 0 Å². The van der Waals surface area contributed by atoms with E-state index in [-0.39, 0.29) is 18.0 Å². The van der Waals surface area contributed by atoms with Crippen LogP contribution in [0.4, 0.5) is 0 Å². The highest BCUT2D eigenvalue weighted by molar-refractivity contribution is 9.11. The smallest absolute Gasteiger partial charge is 0.173 e. The first-order valence-electron chi connectivity index (χ1n) is 8.47. The lowest BCUT2D eigenvalue weighted by Crippen LogP contribution is -2.15. The van der Waals surface area contributed by atoms with Gasteiger partial charge in [0.05, 0.1) is 0 Å². The van der Waals surface area contributed by atoms with E-state index < -0.39 is 5.92 Å². The summed E-state index contributed by atoms with van der Waals surface area (Å²) in [4.78, 5) is 28.1. The van der Waals surface area contributed by atoms with Crippen molar-refractivity contribution in [2.24, 2.45) is 4.99 Å². The van der Waals surface area contributed by atoms with Crippen molar-refractivity contribution in [2.75, 3.05) is 7.05 Å². The van der Waals surface area contributed by atoms with E-state index in [1.807, 2.05) is 45.9 Å². The minimum atomic E-state index is -0.572. The van der Waals surface area contributed by atoms with Gasteiger partial charge in [0.25, 0.3) is 0 Å². The summed E-state index contributed by atoms with van der Waals surface area (Å²) in [7, 11) is 1.72. The van der Waals surface area contributed by atoms with Gasteiger partial charge in [-0.05, 0) is 56.0 Å². The second kappa shape index (κ2) is 10.2. The van der Waals surface area contributed by atoms with E-state index in [1.54, 1.807) is 25.4 Å². The highest BCUT2D eigenvalue weighted by atomic mass is 79.9. The average molecular weight is 416 g/mol. The van der Waals surface area contributed by atoms with E-state index in [2.05, 4.69) is 27.5 Å². The molecule has 0 saturated heterocycles. The van der Waals surface area contributed by atoms with Gasteiger partial charge in [-0.15, -0.1) is 0 Å².